The van der Waals surface area contributed by atoms with Crippen LogP contribution in [0.25, 0.3) is 0 Å². The average Bonchev–Trinajstić information content (AvgIpc) is 3.19. The summed E-state index contributed by atoms with van der Waals surface area (Å²) in [6.07, 6.45) is 18.5. The molecular weight excluding hydrogens is 236 g/mol. The lowest BCUT2D eigenvalue weighted by molar-refractivity contribution is 0.241. The third-order valence-electron chi connectivity index (χ3n) is 4.21. The van der Waals surface area contributed by atoms with Crippen molar-refractivity contribution in [3.8, 4) is 0 Å². The molecule has 0 radical (unpaired) electrons. The van der Waals surface area contributed by atoms with Gasteiger partial charge in [0, 0.05) is 0 Å². The second-order valence-electron chi connectivity index (χ2n) is 6.07. The van der Waals surface area contributed by atoms with Crippen LogP contribution >= 0.6 is 0 Å². The van der Waals surface area contributed by atoms with Gasteiger partial charge in [0.15, 0.2) is 0 Å². The molecule has 1 rings (SSSR count). The van der Waals surface area contributed by atoms with Crippen molar-refractivity contribution in [3.63, 3.8) is 0 Å². The lowest BCUT2D eigenvalue weighted by Crippen LogP contribution is -1.98. The van der Waals surface area contributed by atoms with Gasteiger partial charge >= 0.3 is 0 Å². The number of rotatable bonds is 14. The van der Waals surface area contributed by atoms with Crippen LogP contribution in [-0.2, 0) is 4.74 Å². The molecule has 0 saturated carbocycles. The van der Waals surface area contributed by atoms with Gasteiger partial charge in [-0.25, -0.2) is 0 Å². The first kappa shape index (κ1) is 17.0. The van der Waals surface area contributed by atoms with E-state index in [2.05, 4.69) is 6.92 Å². The molecule has 0 amide bonds. The van der Waals surface area contributed by atoms with Gasteiger partial charge in [0.2, 0.25) is 0 Å². The van der Waals surface area contributed by atoms with Crippen molar-refractivity contribution in [2.75, 3.05) is 6.61 Å². The number of ether oxygens (including phenoxy) is 1. The highest BCUT2D eigenvalue weighted by Gasteiger charge is 2.36. The van der Waals surface area contributed by atoms with Gasteiger partial charge in [0.1, 0.15) is 6.10 Å². The lowest BCUT2D eigenvalue weighted by atomic mass is 10.0. The fraction of sp³-hybridized carbons (Fsp3) is 1.00. The third kappa shape index (κ3) is 9.45. The highest BCUT2D eigenvalue weighted by Crippen LogP contribution is 2.26. The molecule has 1 N–H and O–H groups in total. The van der Waals surface area contributed by atoms with E-state index in [4.69, 9.17) is 9.84 Å². The summed E-state index contributed by atoms with van der Waals surface area (Å²) in [4.78, 5) is 0. The molecule has 114 valence electrons. The van der Waals surface area contributed by atoms with Gasteiger partial charge in [0.25, 0.3) is 0 Å². The Hall–Kier alpha value is -0.0800. The Morgan fingerprint density at radius 1 is 0.684 bits per heavy atom. The second-order valence-corrected chi connectivity index (χ2v) is 6.07. The van der Waals surface area contributed by atoms with Crippen LogP contribution in [0, 0.1) is 0 Å². The van der Waals surface area contributed by atoms with Crippen molar-refractivity contribution >= 4 is 0 Å². The Labute approximate surface area is 119 Å². The summed E-state index contributed by atoms with van der Waals surface area (Å²) < 4.78 is 5.32. The Morgan fingerprint density at radius 3 is 1.58 bits per heavy atom. The molecule has 2 atom stereocenters. The van der Waals surface area contributed by atoms with E-state index in [-0.39, 0.29) is 12.7 Å². The van der Waals surface area contributed by atoms with Crippen LogP contribution in [0.15, 0.2) is 0 Å². The van der Waals surface area contributed by atoms with Gasteiger partial charge in [-0.15, -0.1) is 0 Å². The van der Waals surface area contributed by atoms with Crippen LogP contribution in [0.1, 0.15) is 90.4 Å². The van der Waals surface area contributed by atoms with Gasteiger partial charge in [0.05, 0.1) is 12.7 Å². The summed E-state index contributed by atoms with van der Waals surface area (Å²) in [7, 11) is 0. The largest absolute Gasteiger partial charge is 0.394 e. The number of epoxide rings is 1. The fourth-order valence-electron chi connectivity index (χ4n) is 2.78. The van der Waals surface area contributed by atoms with Crippen LogP contribution in [0.5, 0.6) is 0 Å². The number of unbranched alkanes of at least 4 members (excludes halogenated alkanes) is 11. The predicted molar refractivity (Wildman–Crippen MR) is 81.4 cm³/mol. The van der Waals surface area contributed by atoms with Crippen LogP contribution in [0.4, 0.5) is 0 Å². The summed E-state index contributed by atoms with van der Waals surface area (Å²) in [6, 6.07) is 0. The number of hydrogen-bond donors (Lipinski definition) is 1. The molecule has 19 heavy (non-hydrogen) atoms. The summed E-state index contributed by atoms with van der Waals surface area (Å²) >= 11 is 0. The third-order valence-corrected chi connectivity index (χ3v) is 4.21. The van der Waals surface area contributed by atoms with Crippen molar-refractivity contribution in [3.05, 3.63) is 0 Å². The van der Waals surface area contributed by atoms with Crippen molar-refractivity contribution in [1.82, 2.24) is 0 Å². The van der Waals surface area contributed by atoms with Crippen LogP contribution in [-0.4, -0.2) is 23.9 Å². The summed E-state index contributed by atoms with van der Waals surface area (Å²) in [5.74, 6) is 0. The SMILES string of the molecule is CCCCCCCCCCCCCC[C@@H]1O[C@H]1CO. The first-order valence-electron chi connectivity index (χ1n) is 8.64. The van der Waals surface area contributed by atoms with Crippen LogP contribution < -0.4 is 0 Å². The number of aliphatic hydroxyl groups is 1. The molecule has 1 heterocycles. The zero-order chi connectivity index (χ0) is 13.8. The van der Waals surface area contributed by atoms with Gasteiger partial charge in [-0.1, -0.05) is 84.0 Å². The Bertz CT molecular complexity index is 194. The molecule has 0 unspecified atom stereocenters. The first-order chi connectivity index (χ1) is 9.38. The van der Waals surface area contributed by atoms with Gasteiger partial charge < -0.3 is 9.84 Å². The molecule has 0 aromatic carbocycles. The molecule has 0 aliphatic carbocycles. The predicted octanol–water partition coefficient (Wildman–Crippen LogP) is 4.84. The van der Waals surface area contributed by atoms with E-state index in [0.717, 1.165) is 6.42 Å². The average molecular weight is 270 g/mol. The van der Waals surface area contributed by atoms with Gasteiger partial charge in [-0.2, -0.15) is 0 Å². The Kier molecular flexibility index (Phi) is 10.5. The Balaban J connectivity index is 1.65. The van der Waals surface area contributed by atoms with Crippen LogP contribution in [0.3, 0.4) is 0 Å². The minimum absolute atomic E-state index is 0.174. The highest BCUT2D eigenvalue weighted by atomic mass is 16.6. The topological polar surface area (TPSA) is 32.8 Å². The highest BCUT2D eigenvalue weighted by molar-refractivity contribution is 4.83. The lowest BCUT2D eigenvalue weighted by Gasteiger charge is -2.02. The molecular formula is C17H34O2. The molecule has 2 nitrogen and oxygen atoms in total. The van der Waals surface area contributed by atoms with E-state index in [1.807, 2.05) is 0 Å². The number of hydrogen-bond acceptors (Lipinski definition) is 2. The molecule has 1 aliphatic rings. The quantitative estimate of drug-likeness (QED) is 0.362. The molecule has 0 aromatic rings. The van der Waals surface area contributed by atoms with Gasteiger partial charge in [-0.05, 0) is 6.42 Å². The zero-order valence-corrected chi connectivity index (χ0v) is 12.9. The maximum absolute atomic E-state index is 8.84. The van der Waals surface area contributed by atoms with Gasteiger partial charge in [-0.3, -0.25) is 0 Å². The molecule has 1 aliphatic heterocycles. The summed E-state index contributed by atoms with van der Waals surface area (Å²) in [5.41, 5.74) is 0. The zero-order valence-electron chi connectivity index (χ0n) is 12.9. The maximum Gasteiger partial charge on any atom is 0.107 e. The van der Waals surface area contributed by atoms with E-state index in [1.165, 1.54) is 77.0 Å². The fourth-order valence-corrected chi connectivity index (χ4v) is 2.78. The standard InChI is InChI=1S/C17H34O2/c1-2-3-4-5-6-7-8-9-10-11-12-13-14-16-17(15-18)19-16/h16-18H,2-15H2,1H3/t16-,17-/m0/s1. The van der Waals surface area contributed by atoms with Crippen molar-refractivity contribution in [2.45, 2.75) is 103 Å². The van der Waals surface area contributed by atoms with Crippen molar-refractivity contribution in [1.29, 1.82) is 0 Å². The molecule has 0 bridgehead atoms. The van der Waals surface area contributed by atoms with E-state index in [9.17, 15) is 0 Å². The van der Waals surface area contributed by atoms with E-state index < -0.39 is 0 Å². The molecule has 1 saturated heterocycles. The Morgan fingerprint density at radius 2 is 1.16 bits per heavy atom. The molecule has 0 spiro atoms. The first-order valence-corrected chi connectivity index (χ1v) is 8.64. The smallest absolute Gasteiger partial charge is 0.107 e. The molecule has 1 fully saturated rings. The second kappa shape index (κ2) is 11.7. The maximum atomic E-state index is 8.84. The van der Waals surface area contributed by atoms with Crippen molar-refractivity contribution < 1.29 is 9.84 Å². The van der Waals surface area contributed by atoms with E-state index in [0.29, 0.717) is 6.10 Å². The molecule has 0 aromatic heterocycles. The normalized spacial score (nSPS) is 21.8. The van der Waals surface area contributed by atoms with Crippen molar-refractivity contribution in [2.24, 2.45) is 0 Å². The van der Waals surface area contributed by atoms with E-state index in [1.54, 1.807) is 0 Å². The summed E-state index contributed by atoms with van der Waals surface area (Å²) in [6.45, 7) is 2.49. The van der Waals surface area contributed by atoms with E-state index >= 15 is 0 Å². The minimum atomic E-state index is 0.174. The monoisotopic (exact) mass is 270 g/mol. The molecule has 2 heteroatoms. The van der Waals surface area contributed by atoms with Crippen LogP contribution in [0.2, 0.25) is 0 Å². The minimum Gasteiger partial charge on any atom is -0.394 e. The number of aliphatic hydroxyl groups excluding tert-OH is 1. The summed E-state index contributed by atoms with van der Waals surface area (Å²) in [5, 5.41) is 8.84.